The summed E-state index contributed by atoms with van der Waals surface area (Å²) in [5.41, 5.74) is 8.81. The fraction of sp³-hybridized carbons (Fsp3) is 0.261. The van der Waals surface area contributed by atoms with Crippen LogP contribution in [0.4, 0.5) is 13.2 Å². The molecule has 172 valence electrons. The highest BCUT2D eigenvalue weighted by molar-refractivity contribution is 6.05. The average molecular weight is 477 g/mol. The van der Waals surface area contributed by atoms with Crippen LogP contribution < -0.4 is 5.73 Å². The van der Waals surface area contributed by atoms with Crippen LogP contribution in [0.2, 0.25) is 0 Å². The lowest BCUT2D eigenvalue weighted by molar-refractivity contribution is -0.137. The first kappa shape index (κ1) is 22.8. The molecule has 0 spiro atoms. The number of hydrogen-bond acceptors (Lipinski definition) is 3. The van der Waals surface area contributed by atoms with Crippen molar-refractivity contribution in [3.8, 4) is 0 Å². The van der Waals surface area contributed by atoms with Gasteiger partial charge in [0.25, 0.3) is 11.8 Å². The molecule has 10 heteroatoms. The summed E-state index contributed by atoms with van der Waals surface area (Å²) < 4.78 is 40.2. The number of aromatic nitrogens is 2. The van der Waals surface area contributed by atoms with E-state index in [4.69, 9.17) is 5.73 Å². The molecule has 4 aromatic rings. The van der Waals surface area contributed by atoms with Crippen LogP contribution in [0.3, 0.4) is 0 Å². The predicted octanol–water partition coefficient (Wildman–Crippen LogP) is 4.48. The highest BCUT2D eigenvalue weighted by atomic mass is 35.5. The Balaban J connectivity index is 0.00000259. The Kier molecular flexibility index (Phi) is 5.69. The monoisotopic (exact) mass is 476 g/mol. The first-order chi connectivity index (χ1) is 15.3. The smallest absolute Gasteiger partial charge is 0.366 e. The van der Waals surface area contributed by atoms with Crippen LogP contribution in [-0.4, -0.2) is 39.2 Å². The van der Waals surface area contributed by atoms with Crippen molar-refractivity contribution in [3.63, 3.8) is 0 Å². The minimum absolute atomic E-state index is 0. The van der Waals surface area contributed by atoms with Gasteiger partial charge in [-0.25, -0.2) is 4.98 Å². The highest BCUT2D eigenvalue weighted by Crippen LogP contribution is 2.38. The molecule has 6 nitrogen and oxygen atoms in total. The second kappa shape index (κ2) is 8.22. The third kappa shape index (κ3) is 3.76. The number of halogens is 4. The van der Waals surface area contributed by atoms with Crippen LogP contribution in [0.15, 0.2) is 48.7 Å². The topological polar surface area (TPSA) is 80.7 Å². The quantitative estimate of drug-likeness (QED) is 0.473. The molecule has 0 bridgehead atoms. The number of imidazole rings is 1. The molecule has 1 fully saturated rings. The maximum absolute atomic E-state index is 12.8. The lowest BCUT2D eigenvalue weighted by Crippen LogP contribution is -2.38. The van der Waals surface area contributed by atoms with Gasteiger partial charge in [-0.15, -0.1) is 12.4 Å². The van der Waals surface area contributed by atoms with Crippen molar-refractivity contribution < 1.29 is 22.8 Å². The molecule has 0 radical (unpaired) electrons. The zero-order chi connectivity index (χ0) is 22.6. The van der Waals surface area contributed by atoms with Gasteiger partial charge in [0.15, 0.2) is 0 Å². The summed E-state index contributed by atoms with van der Waals surface area (Å²) in [6.07, 6.45) is -1.48. The number of rotatable bonds is 3. The molecule has 1 saturated heterocycles. The first-order valence-electron chi connectivity index (χ1n) is 10.2. The number of primary amides is 1. The fourth-order valence-electron chi connectivity index (χ4n) is 4.72. The number of benzene rings is 1. The number of carbonyl (C=O) groups excluding carboxylic acids is 2. The molecule has 33 heavy (non-hydrogen) atoms. The van der Waals surface area contributed by atoms with Gasteiger partial charge in [0.05, 0.1) is 28.4 Å². The SMILES string of the molecule is Cl.NC(=O)c1c(C2CCN(C(=O)c3ccc(C(F)(F)F)cc3)CC2)c2cnc3cccc1n32. The third-order valence-electron chi connectivity index (χ3n) is 6.23. The molecule has 1 aromatic carbocycles. The highest BCUT2D eigenvalue weighted by Gasteiger charge is 2.33. The van der Waals surface area contributed by atoms with E-state index >= 15 is 0 Å². The van der Waals surface area contributed by atoms with E-state index in [0.717, 1.165) is 34.4 Å². The van der Waals surface area contributed by atoms with E-state index < -0.39 is 17.6 Å². The summed E-state index contributed by atoms with van der Waals surface area (Å²) in [5, 5.41) is 0. The molecule has 0 unspecified atom stereocenters. The molecular weight excluding hydrogens is 457 g/mol. The van der Waals surface area contributed by atoms with Gasteiger partial charge in [0, 0.05) is 18.7 Å². The van der Waals surface area contributed by atoms with E-state index in [-0.39, 0.29) is 29.8 Å². The van der Waals surface area contributed by atoms with Crippen LogP contribution >= 0.6 is 12.4 Å². The van der Waals surface area contributed by atoms with E-state index in [1.165, 1.54) is 12.1 Å². The molecule has 0 atom stereocenters. The molecule has 5 rings (SSSR count). The lowest BCUT2D eigenvalue weighted by Gasteiger charge is -2.32. The number of pyridine rings is 1. The summed E-state index contributed by atoms with van der Waals surface area (Å²) >= 11 is 0. The Hall–Kier alpha value is -3.33. The first-order valence-corrected chi connectivity index (χ1v) is 10.2. The molecule has 2 N–H and O–H groups in total. The number of carbonyl (C=O) groups is 2. The van der Waals surface area contributed by atoms with Crippen molar-refractivity contribution in [1.29, 1.82) is 0 Å². The Morgan fingerprint density at radius 3 is 2.27 bits per heavy atom. The van der Waals surface area contributed by atoms with Crippen LogP contribution in [-0.2, 0) is 6.18 Å². The maximum Gasteiger partial charge on any atom is 0.416 e. The lowest BCUT2D eigenvalue weighted by atomic mass is 9.87. The number of likely N-dealkylation sites (tertiary alicyclic amines) is 1. The third-order valence-corrected chi connectivity index (χ3v) is 6.23. The summed E-state index contributed by atoms with van der Waals surface area (Å²) in [7, 11) is 0. The number of alkyl halides is 3. The van der Waals surface area contributed by atoms with E-state index in [9.17, 15) is 22.8 Å². The number of hydrogen-bond donors (Lipinski definition) is 1. The van der Waals surface area contributed by atoms with Crippen molar-refractivity contribution in [2.45, 2.75) is 24.9 Å². The normalized spacial score (nSPS) is 15.2. The summed E-state index contributed by atoms with van der Waals surface area (Å²) in [5.74, 6) is -0.788. The van der Waals surface area contributed by atoms with Gasteiger partial charge in [0.1, 0.15) is 5.65 Å². The maximum atomic E-state index is 12.8. The Morgan fingerprint density at radius 1 is 1.00 bits per heavy atom. The van der Waals surface area contributed by atoms with Crippen LogP contribution in [0.25, 0.3) is 16.7 Å². The largest absolute Gasteiger partial charge is 0.416 e. The Labute approximate surface area is 192 Å². The molecule has 4 heterocycles. The number of nitrogens with zero attached hydrogens (tertiary/aromatic N) is 3. The van der Waals surface area contributed by atoms with Gasteiger partial charge in [0.2, 0.25) is 0 Å². The average Bonchev–Trinajstić information content (AvgIpc) is 3.35. The zero-order valence-electron chi connectivity index (χ0n) is 17.3. The fourth-order valence-corrected chi connectivity index (χ4v) is 4.72. The number of amides is 2. The summed E-state index contributed by atoms with van der Waals surface area (Å²) in [6, 6.07) is 9.80. The van der Waals surface area contributed by atoms with Gasteiger partial charge in [-0.05, 0) is 60.7 Å². The molecule has 1 aliphatic rings. The zero-order valence-corrected chi connectivity index (χ0v) is 18.1. The summed E-state index contributed by atoms with van der Waals surface area (Å²) in [6.45, 7) is 0.858. The minimum Gasteiger partial charge on any atom is -0.366 e. The van der Waals surface area contributed by atoms with Gasteiger partial charge in [-0.3, -0.25) is 14.0 Å². The van der Waals surface area contributed by atoms with Gasteiger partial charge in [-0.1, -0.05) is 6.07 Å². The summed E-state index contributed by atoms with van der Waals surface area (Å²) in [4.78, 5) is 31.1. The Bertz CT molecular complexity index is 1330. The second-order valence-electron chi connectivity index (χ2n) is 8.04. The van der Waals surface area contributed by atoms with Crippen LogP contribution in [0, 0.1) is 0 Å². The minimum atomic E-state index is -4.44. The molecular formula is C23H20ClF3N4O2. The number of piperidine rings is 1. The van der Waals surface area contributed by atoms with Gasteiger partial charge >= 0.3 is 6.18 Å². The van der Waals surface area contributed by atoms with Gasteiger partial charge < -0.3 is 10.6 Å². The van der Waals surface area contributed by atoms with Crippen LogP contribution in [0.5, 0.6) is 0 Å². The van der Waals surface area contributed by atoms with Crippen molar-refractivity contribution in [2.75, 3.05) is 13.1 Å². The van der Waals surface area contributed by atoms with E-state index in [1.54, 1.807) is 11.1 Å². The van der Waals surface area contributed by atoms with Gasteiger partial charge in [-0.2, -0.15) is 13.2 Å². The standard InChI is InChI=1S/C23H19F3N4O2.ClH/c24-23(25,26)15-6-4-14(5-7-15)22(32)29-10-8-13(9-11-29)19-17-12-28-18-3-1-2-16(30(17)18)20(19)21(27)31;/h1-7,12-13H,8-11H2,(H2,27,31);1H. The van der Waals surface area contributed by atoms with Crippen molar-refractivity contribution in [3.05, 3.63) is 70.9 Å². The van der Waals surface area contributed by atoms with Crippen molar-refractivity contribution in [1.82, 2.24) is 14.3 Å². The molecule has 2 amide bonds. The predicted molar refractivity (Wildman–Crippen MR) is 119 cm³/mol. The van der Waals surface area contributed by atoms with Crippen LogP contribution in [0.1, 0.15) is 50.6 Å². The second-order valence-corrected chi connectivity index (χ2v) is 8.04. The number of nitrogens with two attached hydrogens (primary N) is 1. The van der Waals surface area contributed by atoms with Crippen molar-refractivity contribution in [2.24, 2.45) is 5.73 Å². The molecule has 0 aliphatic carbocycles. The van der Waals surface area contributed by atoms with E-state index in [1.807, 2.05) is 22.6 Å². The van der Waals surface area contributed by atoms with Crippen molar-refractivity contribution >= 4 is 40.9 Å². The molecule has 3 aromatic heterocycles. The van der Waals surface area contributed by atoms with E-state index in [2.05, 4.69) is 4.98 Å². The Morgan fingerprint density at radius 2 is 1.67 bits per heavy atom. The molecule has 0 saturated carbocycles. The van der Waals surface area contributed by atoms with E-state index in [0.29, 0.717) is 31.5 Å². The molecule has 1 aliphatic heterocycles.